The first kappa shape index (κ1) is 12.3. The summed E-state index contributed by atoms with van der Waals surface area (Å²) < 4.78 is 0.602. The van der Waals surface area contributed by atoms with E-state index in [9.17, 15) is 4.79 Å². The maximum absolute atomic E-state index is 11.5. The predicted molar refractivity (Wildman–Crippen MR) is 77.1 cm³/mol. The fourth-order valence-corrected chi connectivity index (χ4v) is 1.83. The van der Waals surface area contributed by atoms with E-state index in [2.05, 4.69) is 35.9 Å². The van der Waals surface area contributed by atoms with Crippen molar-refractivity contribution in [1.29, 1.82) is 0 Å². The Labute approximate surface area is 113 Å². The number of nitrogens with zero attached hydrogens (tertiary/aromatic N) is 1. The van der Waals surface area contributed by atoms with Gasteiger partial charge in [0.1, 0.15) is 5.82 Å². The van der Waals surface area contributed by atoms with Gasteiger partial charge in [-0.15, -0.1) is 0 Å². The van der Waals surface area contributed by atoms with Crippen LogP contribution in [0.4, 0.5) is 0 Å². The maximum Gasteiger partial charge on any atom is 0.264 e. The Kier molecular flexibility index (Phi) is 3.61. The quantitative estimate of drug-likeness (QED) is 0.854. The van der Waals surface area contributed by atoms with Crippen molar-refractivity contribution in [1.82, 2.24) is 9.97 Å². The molecule has 0 aliphatic heterocycles. The van der Waals surface area contributed by atoms with Gasteiger partial charge >= 0.3 is 0 Å². The number of H-pyrrole nitrogens is 1. The minimum absolute atomic E-state index is 0.0939. The van der Waals surface area contributed by atoms with E-state index in [-0.39, 0.29) is 5.56 Å². The third kappa shape index (κ3) is 2.74. The van der Waals surface area contributed by atoms with Crippen molar-refractivity contribution in [2.45, 2.75) is 19.8 Å². The molecule has 2 aromatic rings. The molecule has 0 aliphatic carbocycles. The Balaban J connectivity index is 2.40. The Bertz CT molecular complexity index is 573. The maximum atomic E-state index is 11.5. The number of benzene rings is 1. The van der Waals surface area contributed by atoms with E-state index in [0.717, 1.165) is 5.56 Å². The molecule has 1 aromatic heterocycles. The van der Waals surface area contributed by atoms with Gasteiger partial charge in [0.25, 0.3) is 5.56 Å². The van der Waals surface area contributed by atoms with Crippen molar-refractivity contribution < 1.29 is 0 Å². The Hall–Kier alpha value is -1.17. The summed E-state index contributed by atoms with van der Waals surface area (Å²) in [4.78, 5) is 18.5. The monoisotopic (exact) mass is 340 g/mol. The van der Waals surface area contributed by atoms with Crippen LogP contribution >= 0.6 is 22.6 Å². The lowest BCUT2D eigenvalue weighted by Gasteiger charge is -2.06. The third-order valence-corrected chi connectivity index (χ3v) is 3.38. The largest absolute Gasteiger partial charge is 0.306 e. The molecule has 0 atom stereocenters. The summed E-state index contributed by atoms with van der Waals surface area (Å²) in [6.45, 7) is 4.31. The highest BCUT2D eigenvalue weighted by molar-refractivity contribution is 14.1. The van der Waals surface area contributed by atoms with Crippen molar-refractivity contribution in [3.8, 4) is 11.4 Å². The molecule has 2 rings (SSSR count). The summed E-state index contributed by atoms with van der Waals surface area (Å²) in [5, 5.41) is 0. The molecule has 0 aliphatic rings. The average molecular weight is 340 g/mol. The highest BCUT2D eigenvalue weighted by Crippen LogP contribution is 2.19. The zero-order valence-electron chi connectivity index (χ0n) is 9.70. The van der Waals surface area contributed by atoms with Crippen LogP contribution in [0.2, 0.25) is 0 Å². The molecule has 0 radical (unpaired) electrons. The van der Waals surface area contributed by atoms with Crippen LogP contribution in [0.25, 0.3) is 11.4 Å². The summed E-state index contributed by atoms with van der Waals surface area (Å²) in [7, 11) is 0. The van der Waals surface area contributed by atoms with Gasteiger partial charge in [-0.3, -0.25) is 4.79 Å². The molecule has 0 saturated carbocycles. The first-order valence-electron chi connectivity index (χ1n) is 5.43. The summed E-state index contributed by atoms with van der Waals surface area (Å²) in [5.41, 5.74) is 2.12. The molecule has 88 valence electrons. The summed E-state index contributed by atoms with van der Waals surface area (Å²) in [6.07, 6.45) is 1.59. The molecular formula is C13H13IN2O. The molecule has 0 bridgehead atoms. The average Bonchev–Trinajstić information content (AvgIpc) is 2.33. The molecule has 1 heterocycles. The van der Waals surface area contributed by atoms with Gasteiger partial charge in [0, 0.05) is 11.8 Å². The van der Waals surface area contributed by atoms with Gasteiger partial charge in [0.2, 0.25) is 0 Å². The standard InChI is InChI=1S/C13H13IN2O/c1-8(2)9-3-5-10(6-4-9)12-15-7-11(14)13(17)16-12/h3-8H,1-2H3,(H,15,16,17). The van der Waals surface area contributed by atoms with Crippen LogP contribution in [0.1, 0.15) is 25.3 Å². The van der Waals surface area contributed by atoms with E-state index in [0.29, 0.717) is 15.3 Å². The summed E-state index contributed by atoms with van der Waals surface area (Å²) in [5.74, 6) is 1.12. The number of aromatic amines is 1. The second-order valence-corrected chi connectivity index (χ2v) is 5.35. The van der Waals surface area contributed by atoms with Crippen LogP contribution in [0.15, 0.2) is 35.3 Å². The van der Waals surface area contributed by atoms with Crippen molar-refractivity contribution >= 4 is 22.6 Å². The Morgan fingerprint density at radius 1 is 1.24 bits per heavy atom. The van der Waals surface area contributed by atoms with Gasteiger partial charge in [0.05, 0.1) is 3.57 Å². The van der Waals surface area contributed by atoms with Crippen molar-refractivity contribution in [2.75, 3.05) is 0 Å². The van der Waals surface area contributed by atoms with E-state index >= 15 is 0 Å². The first-order chi connectivity index (χ1) is 8.08. The zero-order valence-corrected chi connectivity index (χ0v) is 11.9. The third-order valence-electron chi connectivity index (χ3n) is 2.61. The Morgan fingerprint density at radius 3 is 2.41 bits per heavy atom. The van der Waals surface area contributed by atoms with E-state index in [1.807, 2.05) is 34.7 Å². The van der Waals surface area contributed by atoms with E-state index in [1.165, 1.54) is 5.56 Å². The minimum Gasteiger partial charge on any atom is -0.306 e. The molecule has 3 nitrogen and oxygen atoms in total. The number of hydrogen-bond donors (Lipinski definition) is 1. The predicted octanol–water partition coefficient (Wildman–Crippen LogP) is 3.16. The molecule has 0 unspecified atom stereocenters. The fourth-order valence-electron chi connectivity index (χ4n) is 1.55. The molecule has 0 spiro atoms. The second-order valence-electron chi connectivity index (χ2n) is 4.19. The summed E-state index contributed by atoms with van der Waals surface area (Å²) >= 11 is 1.97. The topological polar surface area (TPSA) is 45.8 Å². The van der Waals surface area contributed by atoms with Crippen LogP contribution in [0.5, 0.6) is 0 Å². The van der Waals surface area contributed by atoms with Crippen molar-refractivity contribution in [2.24, 2.45) is 0 Å². The van der Waals surface area contributed by atoms with E-state index < -0.39 is 0 Å². The molecule has 1 aromatic carbocycles. The van der Waals surface area contributed by atoms with E-state index in [4.69, 9.17) is 0 Å². The molecule has 17 heavy (non-hydrogen) atoms. The van der Waals surface area contributed by atoms with Crippen LogP contribution in [-0.2, 0) is 0 Å². The molecule has 4 heteroatoms. The van der Waals surface area contributed by atoms with Crippen molar-refractivity contribution in [3.63, 3.8) is 0 Å². The van der Waals surface area contributed by atoms with Gasteiger partial charge in [-0.2, -0.15) is 0 Å². The molecule has 0 amide bonds. The lowest BCUT2D eigenvalue weighted by atomic mass is 10.0. The first-order valence-corrected chi connectivity index (χ1v) is 6.51. The Morgan fingerprint density at radius 2 is 1.88 bits per heavy atom. The fraction of sp³-hybridized carbons (Fsp3) is 0.231. The molecule has 0 fully saturated rings. The van der Waals surface area contributed by atoms with Crippen LogP contribution in [-0.4, -0.2) is 9.97 Å². The highest BCUT2D eigenvalue weighted by Gasteiger charge is 2.04. The number of rotatable bonds is 2. The van der Waals surface area contributed by atoms with Crippen LogP contribution < -0.4 is 5.56 Å². The molecular weight excluding hydrogens is 327 g/mol. The molecule has 0 saturated heterocycles. The number of hydrogen-bond acceptors (Lipinski definition) is 2. The van der Waals surface area contributed by atoms with Crippen LogP contribution in [0, 0.1) is 3.57 Å². The second kappa shape index (κ2) is 5.00. The lowest BCUT2D eigenvalue weighted by Crippen LogP contribution is -2.11. The van der Waals surface area contributed by atoms with Gasteiger partial charge in [-0.1, -0.05) is 38.1 Å². The van der Waals surface area contributed by atoms with Gasteiger partial charge in [-0.05, 0) is 34.1 Å². The lowest BCUT2D eigenvalue weighted by molar-refractivity contribution is 0.867. The van der Waals surface area contributed by atoms with Gasteiger partial charge < -0.3 is 4.98 Å². The summed E-state index contributed by atoms with van der Waals surface area (Å²) in [6, 6.07) is 8.11. The van der Waals surface area contributed by atoms with Gasteiger partial charge in [-0.25, -0.2) is 4.98 Å². The highest BCUT2D eigenvalue weighted by atomic mass is 127. The number of aromatic nitrogens is 2. The zero-order chi connectivity index (χ0) is 12.4. The molecule has 1 N–H and O–H groups in total. The minimum atomic E-state index is -0.0939. The van der Waals surface area contributed by atoms with E-state index in [1.54, 1.807) is 6.20 Å². The van der Waals surface area contributed by atoms with Gasteiger partial charge in [0.15, 0.2) is 0 Å². The number of halogens is 1. The number of nitrogens with one attached hydrogen (secondary N) is 1. The van der Waals surface area contributed by atoms with Crippen molar-refractivity contribution in [3.05, 3.63) is 49.9 Å². The smallest absolute Gasteiger partial charge is 0.264 e. The van der Waals surface area contributed by atoms with Crippen LogP contribution in [0.3, 0.4) is 0 Å². The normalized spacial score (nSPS) is 10.8. The SMILES string of the molecule is CC(C)c1ccc(-c2ncc(I)c(=O)[nH]2)cc1.